The van der Waals surface area contributed by atoms with Crippen LogP contribution in [0.4, 0.5) is 5.69 Å². The van der Waals surface area contributed by atoms with Gasteiger partial charge in [0.2, 0.25) is 0 Å². The molecule has 0 amide bonds. The van der Waals surface area contributed by atoms with Crippen molar-refractivity contribution < 1.29 is 4.74 Å². The number of rotatable bonds is 6. The predicted molar refractivity (Wildman–Crippen MR) is 84.7 cm³/mol. The molecular formula is C15H24ClN3O. The van der Waals surface area contributed by atoms with Gasteiger partial charge in [0.05, 0.1) is 6.61 Å². The predicted octanol–water partition coefficient (Wildman–Crippen LogP) is 1.83. The summed E-state index contributed by atoms with van der Waals surface area (Å²) in [4.78, 5) is 4.75. The summed E-state index contributed by atoms with van der Waals surface area (Å²) in [5.41, 5.74) is 2.37. The number of nitrogens with zero attached hydrogens (tertiary/aromatic N) is 2. The van der Waals surface area contributed by atoms with E-state index in [0.717, 1.165) is 56.5 Å². The van der Waals surface area contributed by atoms with E-state index < -0.39 is 0 Å². The number of ether oxygens (including phenoxy) is 1. The molecule has 0 saturated carbocycles. The van der Waals surface area contributed by atoms with Crippen LogP contribution in [0, 0.1) is 0 Å². The van der Waals surface area contributed by atoms with Crippen LogP contribution < -0.4 is 10.2 Å². The summed E-state index contributed by atoms with van der Waals surface area (Å²) in [7, 11) is 3.87. The van der Waals surface area contributed by atoms with Gasteiger partial charge >= 0.3 is 0 Å². The van der Waals surface area contributed by atoms with E-state index in [4.69, 9.17) is 16.3 Å². The van der Waals surface area contributed by atoms with Crippen LogP contribution in [0.5, 0.6) is 0 Å². The molecule has 1 fully saturated rings. The van der Waals surface area contributed by atoms with Crippen LogP contribution in [0.3, 0.4) is 0 Å². The molecule has 0 radical (unpaired) electrons. The lowest BCUT2D eigenvalue weighted by molar-refractivity contribution is 0.199. The zero-order valence-corrected chi connectivity index (χ0v) is 13.1. The normalized spacial score (nSPS) is 16.6. The summed E-state index contributed by atoms with van der Waals surface area (Å²) < 4.78 is 5.01. The molecule has 0 unspecified atom stereocenters. The van der Waals surface area contributed by atoms with Crippen LogP contribution in [-0.2, 0) is 11.3 Å². The van der Waals surface area contributed by atoms with E-state index in [1.165, 1.54) is 5.69 Å². The Morgan fingerprint density at radius 2 is 2.00 bits per heavy atom. The van der Waals surface area contributed by atoms with Crippen LogP contribution in [-0.4, -0.2) is 58.4 Å². The maximum Gasteiger partial charge on any atom is 0.0587 e. The van der Waals surface area contributed by atoms with Gasteiger partial charge in [0.15, 0.2) is 0 Å². The average molecular weight is 298 g/mol. The first-order valence-corrected chi connectivity index (χ1v) is 7.50. The second kappa shape index (κ2) is 7.84. The van der Waals surface area contributed by atoms with E-state index in [1.807, 2.05) is 0 Å². The summed E-state index contributed by atoms with van der Waals surface area (Å²) in [5, 5.41) is 4.16. The van der Waals surface area contributed by atoms with E-state index in [0.29, 0.717) is 0 Å². The molecule has 1 aliphatic rings. The smallest absolute Gasteiger partial charge is 0.0587 e. The summed E-state index contributed by atoms with van der Waals surface area (Å²) in [6.45, 7) is 6.70. The number of methoxy groups -OCH3 is 1. The van der Waals surface area contributed by atoms with Gasteiger partial charge in [-0.3, -0.25) is 0 Å². The second-order valence-electron chi connectivity index (χ2n) is 5.24. The van der Waals surface area contributed by atoms with Crippen molar-refractivity contribution in [2.75, 3.05) is 58.4 Å². The Hall–Kier alpha value is -0.810. The van der Waals surface area contributed by atoms with Gasteiger partial charge < -0.3 is 19.9 Å². The summed E-state index contributed by atoms with van der Waals surface area (Å²) in [6, 6.07) is 6.38. The van der Waals surface area contributed by atoms with Crippen molar-refractivity contribution in [3.63, 3.8) is 0 Å². The number of likely N-dealkylation sites (N-methyl/N-ethyl adjacent to an activating group) is 1. The van der Waals surface area contributed by atoms with Crippen molar-refractivity contribution in [2.24, 2.45) is 0 Å². The Balaban J connectivity index is 1.91. The molecule has 1 N–H and O–H groups in total. The van der Waals surface area contributed by atoms with Gasteiger partial charge in [-0.1, -0.05) is 17.7 Å². The molecule has 112 valence electrons. The van der Waals surface area contributed by atoms with Crippen molar-refractivity contribution in [1.82, 2.24) is 10.2 Å². The highest BCUT2D eigenvalue weighted by Gasteiger charge is 2.15. The van der Waals surface area contributed by atoms with Crippen LogP contribution in [0.15, 0.2) is 18.2 Å². The molecule has 2 rings (SSSR count). The first-order chi connectivity index (χ1) is 9.70. The summed E-state index contributed by atoms with van der Waals surface area (Å²) >= 11 is 6.38. The van der Waals surface area contributed by atoms with Crippen molar-refractivity contribution in [2.45, 2.75) is 6.54 Å². The van der Waals surface area contributed by atoms with Gasteiger partial charge in [0, 0.05) is 57.1 Å². The third-order valence-electron chi connectivity index (χ3n) is 3.70. The van der Waals surface area contributed by atoms with Gasteiger partial charge in [-0.05, 0) is 24.7 Å². The fourth-order valence-corrected chi connectivity index (χ4v) is 2.58. The molecule has 1 aromatic rings. The van der Waals surface area contributed by atoms with Crippen LogP contribution >= 0.6 is 11.6 Å². The number of benzene rings is 1. The number of nitrogens with one attached hydrogen (secondary N) is 1. The molecule has 0 aromatic heterocycles. The maximum absolute atomic E-state index is 6.38. The largest absolute Gasteiger partial charge is 0.383 e. The molecule has 1 aliphatic heterocycles. The van der Waals surface area contributed by atoms with Crippen LogP contribution in [0.25, 0.3) is 0 Å². The number of halogens is 1. The van der Waals surface area contributed by atoms with Crippen LogP contribution in [0.1, 0.15) is 5.56 Å². The molecule has 5 heteroatoms. The molecule has 4 nitrogen and oxygen atoms in total. The van der Waals surface area contributed by atoms with Gasteiger partial charge in [0.1, 0.15) is 0 Å². The maximum atomic E-state index is 6.38. The van der Waals surface area contributed by atoms with Crippen molar-refractivity contribution >= 4 is 17.3 Å². The number of anilines is 1. The van der Waals surface area contributed by atoms with E-state index in [9.17, 15) is 0 Å². The highest BCUT2D eigenvalue weighted by Crippen LogP contribution is 2.24. The lowest BCUT2D eigenvalue weighted by Crippen LogP contribution is -2.44. The molecule has 1 aromatic carbocycles. The average Bonchev–Trinajstić information content (AvgIpc) is 2.46. The molecule has 0 atom stereocenters. The molecule has 0 aliphatic carbocycles. The van der Waals surface area contributed by atoms with E-state index >= 15 is 0 Å². The quantitative estimate of drug-likeness (QED) is 0.811. The second-order valence-corrected chi connectivity index (χ2v) is 5.64. The lowest BCUT2D eigenvalue weighted by Gasteiger charge is -2.34. The van der Waals surface area contributed by atoms with Crippen molar-refractivity contribution in [3.8, 4) is 0 Å². The third kappa shape index (κ3) is 4.35. The Labute approximate surface area is 126 Å². The molecule has 20 heavy (non-hydrogen) atoms. The Kier molecular flexibility index (Phi) is 6.10. The summed E-state index contributed by atoms with van der Waals surface area (Å²) in [5.74, 6) is 0. The topological polar surface area (TPSA) is 27.7 Å². The zero-order valence-electron chi connectivity index (χ0n) is 12.4. The van der Waals surface area contributed by atoms with E-state index in [2.05, 4.69) is 40.4 Å². The minimum atomic E-state index is 0.719. The molecule has 1 saturated heterocycles. The number of hydrogen-bond donors (Lipinski definition) is 1. The lowest BCUT2D eigenvalue weighted by atomic mass is 10.1. The highest BCUT2D eigenvalue weighted by molar-refractivity contribution is 6.31. The monoisotopic (exact) mass is 297 g/mol. The molecular weight excluding hydrogens is 274 g/mol. The van der Waals surface area contributed by atoms with E-state index in [1.54, 1.807) is 7.11 Å². The summed E-state index contributed by atoms with van der Waals surface area (Å²) in [6.07, 6.45) is 0. The zero-order chi connectivity index (χ0) is 14.4. The third-order valence-corrected chi connectivity index (χ3v) is 4.06. The van der Waals surface area contributed by atoms with E-state index in [-0.39, 0.29) is 0 Å². The SMILES string of the molecule is COCCNCc1ccc(N2CCN(C)CC2)cc1Cl. The van der Waals surface area contributed by atoms with Gasteiger partial charge in [-0.2, -0.15) is 0 Å². The van der Waals surface area contributed by atoms with Crippen molar-refractivity contribution in [1.29, 1.82) is 0 Å². The fourth-order valence-electron chi connectivity index (χ4n) is 2.34. The Bertz CT molecular complexity index is 420. The first kappa shape index (κ1) is 15.6. The molecule has 1 heterocycles. The highest BCUT2D eigenvalue weighted by atomic mass is 35.5. The minimum absolute atomic E-state index is 0.719. The van der Waals surface area contributed by atoms with Gasteiger partial charge in [-0.15, -0.1) is 0 Å². The van der Waals surface area contributed by atoms with Crippen molar-refractivity contribution in [3.05, 3.63) is 28.8 Å². The number of piperazine rings is 1. The van der Waals surface area contributed by atoms with Crippen LogP contribution in [0.2, 0.25) is 5.02 Å². The van der Waals surface area contributed by atoms with Gasteiger partial charge in [0.25, 0.3) is 0 Å². The fraction of sp³-hybridized carbons (Fsp3) is 0.600. The van der Waals surface area contributed by atoms with Gasteiger partial charge in [-0.25, -0.2) is 0 Å². The minimum Gasteiger partial charge on any atom is -0.383 e. The Morgan fingerprint density at radius 3 is 2.65 bits per heavy atom. The first-order valence-electron chi connectivity index (χ1n) is 7.12. The number of hydrogen-bond acceptors (Lipinski definition) is 4. The molecule has 0 spiro atoms. The standard InChI is InChI=1S/C15H24ClN3O/c1-18-6-8-19(9-7-18)14-4-3-13(15(16)11-14)12-17-5-10-20-2/h3-4,11,17H,5-10,12H2,1-2H3. The molecule has 0 bridgehead atoms. The Morgan fingerprint density at radius 1 is 1.25 bits per heavy atom.